The molecule has 2 fully saturated rings. The van der Waals surface area contributed by atoms with E-state index >= 15 is 0 Å². The van der Waals surface area contributed by atoms with Gasteiger partial charge in [-0.05, 0) is 53.4 Å². The van der Waals surface area contributed by atoms with Crippen LogP contribution in [-0.4, -0.2) is 40.6 Å². The van der Waals surface area contributed by atoms with Crippen LogP contribution in [-0.2, 0) is 4.79 Å². The number of nitrogens with zero attached hydrogens (tertiary/aromatic N) is 1. The normalized spacial score (nSPS) is 20.0. The van der Waals surface area contributed by atoms with Gasteiger partial charge in [0.2, 0.25) is 5.91 Å². The number of nitrogens with one attached hydrogen (secondary N) is 3. The van der Waals surface area contributed by atoms with Gasteiger partial charge < -0.3 is 10.6 Å². The van der Waals surface area contributed by atoms with Crippen LogP contribution >= 0.6 is 0 Å². The van der Waals surface area contributed by atoms with Crippen molar-refractivity contribution in [3.8, 4) is 0 Å². The number of carbonyl (C=O) groups is 2. The van der Waals surface area contributed by atoms with Gasteiger partial charge in [-0.2, -0.15) is 0 Å². The fraction of sp³-hybridized carbons (Fsp3) is 0.900. The number of hydrogen-bond donors (Lipinski definition) is 3. The molecule has 3 amide bonds. The quantitative estimate of drug-likeness (QED) is 0.630. The number of amides is 3. The summed E-state index contributed by atoms with van der Waals surface area (Å²) in [6.45, 7) is 7.54. The number of hydrogen-bond acceptors (Lipinski definition) is 3. The van der Waals surface area contributed by atoms with E-state index in [2.05, 4.69) is 16.1 Å². The first-order valence-electron chi connectivity index (χ1n) is 10.5. The summed E-state index contributed by atoms with van der Waals surface area (Å²) in [5.74, 6) is -0.0772. The third kappa shape index (κ3) is 5.86. The predicted molar refractivity (Wildman–Crippen MR) is 105 cm³/mol. The van der Waals surface area contributed by atoms with Crippen molar-refractivity contribution in [2.45, 2.75) is 116 Å². The Morgan fingerprint density at radius 1 is 0.885 bits per heavy atom. The van der Waals surface area contributed by atoms with Crippen LogP contribution in [0, 0.1) is 0 Å². The van der Waals surface area contributed by atoms with Crippen LogP contribution in [0.2, 0.25) is 0 Å². The fourth-order valence-corrected chi connectivity index (χ4v) is 3.91. The van der Waals surface area contributed by atoms with Gasteiger partial charge >= 0.3 is 6.03 Å². The molecule has 0 spiro atoms. The molecule has 150 valence electrons. The van der Waals surface area contributed by atoms with E-state index in [0.29, 0.717) is 0 Å². The summed E-state index contributed by atoms with van der Waals surface area (Å²) in [5.41, 5.74) is 2.43. The molecule has 0 aliphatic heterocycles. The van der Waals surface area contributed by atoms with E-state index in [1.54, 1.807) is 5.01 Å². The van der Waals surface area contributed by atoms with Crippen molar-refractivity contribution in [2.24, 2.45) is 0 Å². The third-order valence-corrected chi connectivity index (χ3v) is 5.59. The van der Waals surface area contributed by atoms with E-state index in [4.69, 9.17) is 0 Å². The Bertz CT molecular complexity index is 466. The molecular weight excluding hydrogens is 328 g/mol. The lowest BCUT2D eigenvalue weighted by Crippen LogP contribution is -2.67. The zero-order chi connectivity index (χ0) is 19.2. The first-order chi connectivity index (χ1) is 12.3. The van der Waals surface area contributed by atoms with Crippen LogP contribution in [0.3, 0.4) is 0 Å². The number of urea groups is 1. The first-order valence-corrected chi connectivity index (χ1v) is 10.5. The van der Waals surface area contributed by atoms with E-state index in [-0.39, 0.29) is 30.1 Å². The summed E-state index contributed by atoms with van der Waals surface area (Å²) >= 11 is 0. The average Bonchev–Trinajstić information content (AvgIpc) is 2.60. The molecule has 0 unspecified atom stereocenters. The maximum absolute atomic E-state index is 13.0. The van der Waals surface area contributed by atoms with Crippen molar-refractivity contribution in [1.29, 1.82) is 0 Å². The maximum Gasteiger partial charge on any atom is 0.332 e. The Labute approximate surface area is 158 Å². The zero-order valence-electron chi connectivity index (χ0n) is 17.1. The van der Waals surface area contributed by atoms with Gasteiger partial charge in [0.25, 0.3) is 0 Å². The van der Waals surface area contributed by atoms with E-state index in [9.17, 15) is 9.59 Å². The molecule has 0 bridgehead atoms. The summed E-state index contributed by atoms with van der Waals surface area (Å²) in [7, 11) is 0. The number of hydrazine groups is 1. The molecule has 2 rings (SSSR count). The smallest absolute Gasteiger partial charge is 0.332 e. The van der Waals surface area contributed by atoms with Gasteiger partial charge in [-0.25, -0.2) is 15.2 Å². The molecule has 2 aliphatic rings. The molecule has 0 radical (unpaired) electrons. The molecule has 2 saturated carbocycles. The number of carbonyl (C=O) groups excluding carboxylic acids is 2. The average molecular weight is 367 g/mol. The second-order valence-corrected chi connectivity index (χ2v) is 8.77. The molecular formula is C20H38N4O2. The zero-order valence-corrected chi connectivity index (χ0v) is 17.1. The minimum atomic E-state index is -0.951. The topological polar surface area (TPSA) is 73.5 Å². The standard InChI is InChI=1S/C20H38N4O2/c1-15(2)21-19(26)24(23-17-13-9-6-10-14-17)20(3,4)18(25)22-16-11-7-5-8-12-16/h15-17,23H,5-14H2,1-4H3,(H,21,26)(H,22,25). The molecule has 3 N–H and O–H groups in total. The van der Waals surface area contributed by atoms with Gasteiger partial charge in [0, 0.05) is 18.1 Å². The van der Waals surface area contributed by atoms with Crippen molar-refractivity contribution >= 4 is 11.9 Å². The lowest BCUT2D eigenvalue weighted by atomic mass is 9.93. The van der Waals surface area contributed by atoms with E-state index in [1.165, 1.54) is 38.5 Å². The van der Waals surface area contributed by atoms with Crippen molar-refractivity contribution in [3.63, 3.8) is 0 Å². The molecule has 0 heterocycles. The van der Waals surface area contributed by atoms with Crippen LogP contribution in [0.5, 0.6) is 0 Å². The molecule has 0 aromatic carbocycles. The minimum absolute atomic E-state index is 0.0235. The summed E-state index contributed by atoms with van der Waals surface area (Å²) < 4.78 is 0. The maximum atomic E-state index is 13.0. The highest BCUT2D eigenvalue weighted by molar-refractivity contribution is 5.90. The lowest BCUT2D eigenvalue weighted by molar-refractivity contribution is -0.133. The largest absolute Gasteiger partial charge is 0.351 e. The van der Waals surface area contributed by atoms with Crippen molar-refractivity contribution in [1.82, 2.24) is 21.1 Å². The Kier molecular flexibility index (Phi) is 7.74. The Balaban J connectivity index is 2.08. The SMILES string of the molecule is CC(C)NC(=O)N(NC1CCCCC1)C(C)(C)C(=O)NC1CCCCC1. The first kappa shape index (κ1) is 21.0. The summed E-state index contributed by atoms with van der Waals surface area (Å²) in [4.78, 5) is 25.9. The van der Waals surface area contributed by atoms with Crippen molar-refractivity contribution in [2.75, 3.05) is 0 Å². The van der Waals surface area contributed by atoms with Gasteiger partial charge in [-0.1, -0.05) is 38.5 Å². The van der Waals surface area contributed by atoms with Gasteiger partial charge in [-0.15, -0.1) is 0 Å². The van der Waals surface area contributed by atoms with Crippen LogP contribution < -0.4 is 16.1 Å². The van der Waals surface area contributed by atoms with Crippen molar-refractivity contribution < 1.29 is 9.59 Å². The molecule has 0 saturated heterocycles. The van der Waals surface area contributed by atoms with Crippen LogP contribution in [0.15, 0.2) is 0 Å². The van der Waals surface area contributed by atoms with Gasteiger partial charge in [0.1, 0.15) is 5.54 Å². The van der Waals surface area contributed by atoms with Crippen LogP contribution in [0.4, 0.5) is 4.79 Å². The molecule has 2 aliphatic carbocycles. The second kappa shape index (κ2) is 9.58. The molecule has 0 atom stereocenters. The van der Waals surface area contributed by atoms with E-state index in [0.717, 1.165) is 25.7 Å². The fourth-order valence-electron chi connectivity index (χ4n) is 3.91. The molecule has 0 aromatic heterocycles. The summed E-state index contributed by atoms with van der Waals surface area (Å²) in [6, 6.07) is 0.286. The number of rotatable bonds is 6. The van der Waals surface area contributed by atoms with E-state index in [1.807, 2.05) is 27.7 Å². The Morgan fingerprint density at radius 2 is 1.38 bits per heavy atom. The Morgan fingerprint density at radius 3 is 1.88 bits per heavy atom. The summed E-state index contributed by atoms with van der Waals surface area (Å²) in [6.07, 6.45) is 11.4. The second-order valence-electron chi connectivity index (χ2n) is 8.77. The molecule has 6 nitrogen and oxygen atoms in total. The lowest BCUT2D eigenvalue weighted by Gasteiger charge is -2.41. The molecule has 6 heteroatoms. The highest BCUT2D eigenvalue weighted by atomic mass is 16.2. The highest BCUT2D eigenvalue weighted by Gasteiger charge is 2.40. The van der Waals surface area contributed by atoms with Crippen molar-refractivity contribution in [3.05, 3.63) is 0 Å². The van der Waals surface area contributed by atoms with E-state index < -0.39 is 5.54 Å². The summed E-state index contributed by atoms with van der Waals surface area (Å²) in [5, 5.41) is 7.67. The van der Waals surface area contributed by atoms with Gasteiger partial charge in [0.15, 0.2) is 0 Å². The monoisotopic (exact) mass is 366 g/mol. The van der Waals surface area contributed by atoms with Gasteiger partial charge in [-0.3, -0.25) is 4.79 Å². The molecule has 26 heavy (non-hydrogen) atoms. The van der Waals surface area contributed by atoms with Gasteiger partial charge in [0.05, 0.1) is 0 Å². The Hall–Kier alpha value is -1.30. The molecule has 0 aromatic rings. The minimum Gasteiger partial charge on any atom is -0.351 e. The predicted octanol–water partition coefficient (Wildman–Crippen LogP) is 3.47. The third-order valence-electron chi connectivity index (χ3n) is 5.59. The van der Waals surface area contributed by atoms with Crippen LogP contribution in [0.1, 0.15) is 91.9 Å². The highest BCUT2D eigenvalue weighted by Crippen LogP contribution is 2.22. The van der Waals surface area contributed by atoms with Crippen LogP contribution in [0.25, 0.3) is 0 Å².